The van der Waals surface area contributed by atoms with Gasteiger partial charge >= 0.3 is 0 Å². The lowest BCUT2D eigenvalue weighted by molar-refractivity contribution is -0.126. The first kappa shape index (κ1) is 26.2. The van der Waals surface area contributed by atoms with E-state index in [0.29, 0.717) is 45.7 Å². The Hall–Kier alpha value is -1.83. The van der Waals surface area contributed by atoms with E-state index in [2.05, 4.69) is 21.2 Å². The van der Waals surface area contributed by atoms with Crippen molar-refractivity contribution in [2.75, 3.05) is 39.4 Å². The van der Waals surface area contributed by atoms with Crippen LogP contribution >= 0.6 is 15.9 Å². The minimum Gasteiger partial charge on any atom is -0.379 e. The van der Waals surface area contributed by atoms with E-state index >= 15 is 0 Å². The predicted octanol–water partition coefficient (Wildman–Crippen LogP) is 2.19. The van der Waals surface area contributed by atoms with Crippen LogP contribution in [0, 0.1) is 5.92 Å². The summed E-state index contributed by atoms with van der Waals surface area (Å²) in [4.78, 5) is 13.2. The van der Waals surface area contributed by atoms with Gasteiger partial charge in [-0.05, 0) is 54.8 Å². The van der Waals surface area contributed by atoms with Gasteiger partial charge in [0.1, 0.15) is 0 Å². The van der Waals surface area contributed by atoms with Gasteiger partial charge in [-0.25, -0.2) is 16.8 Å². The molecule has 9 nitrogen and oxygen atoms in total. The molecule has 2 fully saturated rings. The molecular formula is C23H28BrN3O6S2. The third kappa shape index (κ3) is 6.12. The second-order valence-corrected chi connectivity index (χ2v) is 13.3. The monoisotopic (exact) mass is 585 g/mol. The summed E-state index contributed by atoms with van der Waals surface area (Å²) in [5, 5.41) is 2.87. The zero-order valence-corrected chi connectivity index (χ0v) is 22.3. The largest absolute Gasteiger partial charge is 0.379 e. The van der Waals surface area contributed by atoms with Crippen molar-refractivity contribution in [2.24, 2.45) is 5.92 Å². The molecule has 190 valence electrons. The molecule has 1 atom stereocenters. The van der Waals surface area contributed by atoms with Crippen LogP contribution in [0.5, 0.6) is 0 Å². The van der Waals surface area contributed by atoms with Gasteiger partial charge in [0.05, 0.1) is 28.9 Å². The first-order valence-electron chi connectivity index (χ1n) is 11.4. The molecule has 0 aliphatic carbocycles. The zero-order valence-electron chi connectivity index (χ0n) is 19.1. The molecule has 0 radical (unpaired) electrons. The van der Waals surface area contributed by atoms with Crippen molar-refractivity contribution in [3.05, 3.63) is 58.6 Å². The number of nitrogens with zero attached hydrogens (tertiary/aromatic N) is 2. The molecule has 2 saturated heterocycles. The highest BCUT2D eigenvalue weighted by Crippen LogP contribution is 2.25. The Labute approximate surface area is 214 Å². The summed E-state index contributed by atoms with van der Waals surface area (Å²) >= 11 is 3.31. The lowest BCUT2D eigenvalue weighted by Gasteiger charge is -2.31. The van der Waals surface area contributed by atoms with Gasteiger partial charge in [0.15, 0.2) is 0 Å². The van der Waals surface area contributed by atoms with Crippen molar-refractivity contribution in [3.8, 4) is 0 Å². The summed E-state index contributed by atoms with van der Waals surface area (Å²) in [7, 11) is -7.25. The molecule has 12 heteroatoms. The van der Waals surface area contributed by atoms with Crippen molar-refractivity contribution >= 4 is 41.9 Å². The summed E-state index contributed by atoms with van der Waals surface area (Å²) < 4.78 is 60.3. The van der Waals surface area contributed by atoms with Crippen molar-refractivity contribution < 1.29 is 26.4 Å². The van der Waals surface area contributed by atoms with Crippen LogP contribution in [0.1, 0.15) is 18.4 Å². The third-order valence-corrected chi connectivity index (χ3v) is 10.5. The number of morpholine rings is 1. The van der Waals surface area contributed by atoms with E-state index in [-0.39, 0.29) is 28.8 Å². The summed E-state index contributed by atoms with van der Waals surface area (Å²) in [6, 6.07) is 12.9. The minimum absolute atomic E-state index is 0.126. The van der Waals surface area contributed by atoms with Crippen LogP contribution in [0.2, 0.25) is 0 Å². The molecule has 2 aliphatic heterocycles. The average molecular weight is 587 g/mol. The predicted molar refractivity (Wildman–Crippen MR) is 133 cm³/mol. The van der Waals surface area contributed by atoms with Crippen LogP contribution < -0.4 is 5.32 Å². The Kier molecular flexibility index (Phi) is 8.29. The zero-order chi connectivity index (χ0) is 25.1. The number of nitrogens with one attached hydrogen (secondary N) is 1. The van der Waals surface area contributed by atoms with Crippen LogP contribution in [0.3, 0.4) is 0 Å². The van der Waals surface area contributed by atoms with Gasteiger partial charge in [0.2, 0.25) is 26.0 Å². The van der Waals surface area contributed by atoms with Gasteiger partial charge in [0.25, 0.3) is 0 Å². The van der Waals surface area contributed by atoms with E-state index in [1.807, 2.05) is 0 Å². The lowest BCUT2D eigenvalue weighted by atomic mass is 9.99. The molecule has 0 unspecified atom stereocenters. The Balaban J connectivity index is 1.34. The molecule has 0 bridgehead atoms. The fraction of sp³-hybridized carbons (Fsp3) is 0.435. The maximum atomic E-state index is 13.0. The Morgan fingerprint density at radius 1 is 0.886 bits per heavy atom. The van der Waals surface area contributed by atoms with Crippen LogP contribution in [-0.4, -0.2) is 70.7 Å². The molecule has 2 aromatic carbocycles. The summed E-state index contributed by atoms with van der Waals surface area (Å²) in [6.07, 6.45) is 1.21. The molecule has 35 heavy (non-hydrogen) atoms. The minimum atomic E-state index is -3.68. The Bertz CT molecular complexity index is 1250. The SMILES string of the molecule is O=C(NCc1ccc(S(=O)(=O)N2CCOCC2)cc1)[C@@H]1CCCN(S(=O)(=O)c2ccc(Br)cc2)C1. The Morgan fingerprint density at radius 2 is 1.46 bits per heavy atom. The Morgan fingerprint density at radius 3 is 2.09 bits per heavy atom. The molecule has 4 rings (SSSR count). The van der Waals surface area contributed by atoms with Crippen LogP contribution in [0.4, 0.5) is 0 Å². The summed E-state index contributed by atoms with van der Waals surface area (Å²) in [6.45, 7) is 2.15. The van der Waals surface area contributed by atoms with Gasteiger partial charge in [-0.2, -0.15) is 8.61 Å². The van der Waals surface area contributed by atoms with Crippen LogP contribution in [-0.2, 0) is 36.1 Å². The highest BCUT2D eigenvalue weighted by molar-refractivity contribution is 9.10. The number of sulfonamides is 2. The maximum Gasteiger partial charge on any atom is 0.243 e. The summed E-state index contributed by atoms with van der Waals surface area (Å²) in [5.41, 5.74) is 0.759. The van der Waals surface area contributed by atoms with Gasteiger partial charge in [-0.3, -0.25) is 4.79 Å². The molecule has 2 heterocycles. The molecule has 0 spiro atoms. The van der Waals surface area contributed by atoms with E-state index in [4.69, 9.17) is 4.74 Å². The molecule has 0 saturated carbocycles. The van der Waals surface area contributed by atoms with E-state index in [9.17, 15) is 21.6 Å². The maximum absolute atomic E-state index is 13.0. The number of halogens is 1. The highest BCUT2D eigenvalue weighted by Gasteiger charge is 2.33. The molecule has 0 aromatic heterocycles. The number of amides is 1. The van der Waals surface area contributed by atoms with E-state index in [0.717, 1.165) is 10.0 Å². The normalized spacial score (nSPS) is 20.4. The number of hydrogen-bond acceptors (Lipinski definition) is 6. The quantitative estimate of drug-likeness (QED) is 0.533. The number of carbonyl (C=O) groups excluding carboxylic acids is 1. The smallest absolute Gasteiger partial charge is 0.243 e. The fourth-order valence-electron chi connectivity index (χ4n) is 4.18. The fourth-order valence-corrected chi connectivity index (χ4v) is 7.38. The number of carbonyl (C=O) groups is 1. The average Bonchev–Trinajstić information content (AvgIpc) is 2.88. The van der Waals surface area contributed by atoms with Crippen molar-refractivity contribution in [3.63, 3.8) is 0 Å². The van der Waals surface area contributed by atoms with Crippen molar-refractivity contribution in [2.45, 2.75) is 29.2 Å². The second kappa shape index (κ2) is 11.1. The third-order valence-electron chi connectivity index (χ3n) is 6.20. The van der Waals surface area contributed by atoms with Gasteiger partial charge < -0.3 is 10.1 Å². The van der Waals surface area contributed by atoms with Crippen molar-refractivity contribution in [1.29, 1.82) is 0 Å². The molecule has 2 aliphatic rings. The number of piperidine rings is 1. The van der Waals surface area contributed by atoms with E-state index in [1.165, 1.54) is 8.61 Å². The van der Waals surface area contributed by atoms with Crippen LogP contribution in [0.25, 0.3) is 0 Å². The van der Waals surface area contributed by atoms with Crippen LogP contribution in [0.15, 0.2) is 62.8 Å². The first-order valence-corrected chi connectivity index (χ1v) is 15.1. The standard InChI is InChI=1S/C23H28BrN3O6S2/c24-20-5-9-22(10-6-20)35(31,32)27-11-1-2-19(17-27)23(28)25-16-18-3-7-21(8-4-18)34(29,30)26-12-14-33-15-13-26/h3-10,19H,1-2,11-17H2,(H,25,28)/t19-/m1/s1. The van der Waals surface area contributed by atoms with Crippen molar-refractivity contribution in [1.82, 2.24) is 13.9 Å². The van der Waals surface area contributed by atoms with Gasteiger partial charge in [0, 0.05) is 37.2 Å². The highest BCUT2D eigenvalue weighted by atomic mass is 79.9. The number of ether oxygens (including phenoxy) is 1. The molecule has 1 amide bonds. The number of benzene rings is 2. The first-order chi connectivity index (χ1) is 16.7. The van der Waals surface area contributed by atoms with E-state index < -0.39 is 26.0 Å². The molecule has 1 N–H and O–H groups in total. The summed E-state index contributed by atoms with van der Waals surface area (Å²) in [5.74, 6) is -0.666. The second-order valence-electron chi connectivity index (χ2n) is 8.53. The number of hydrogen-bond donors (Lipinski definition) is 1. The van der Waals surface area contributed by atoms with Gasteiger partial charge in [-0.15, -0.1) is 0 Å². The lowest BCUT2D eigenvalue weighted by Crippen LogP contribution is -2.45. The topological polar surface area (TPSA) is 113 Å². The van der Waals surface area contributed by atoms with E-state index in [1.54, 1.807) is 48.5 Å². The number of rotatable bonds is 7. The molecule has 2 aromatic rings. The van der Waals surface area contributed by atoms with Gasteiger partial charge in [-0.1, -0.05) is 28.1 Å². The molecular weight excluding hydrogens is 558 g/mol.